The molecule has 2 nitrogen and oxygen atoms in total. The van der Waals surface area contributed by atoms with Crippen LogP contribution in [0.2, 0.25) is 0 Å². The second-order valence-corrected chi connectivity index (χ2v) is 2.38. The number of hydrogen-bond donors (Lipinski definition) is 0. The lowest BCUT2D eigenvalue weighted by atomic mass is 10.5. The maximum atomic E-state index is 5.08. The highest BCUT2D eigenvalue weighted by Gasteiger charge is 2.02. The molecule has 0 aromatic carbocycles. The Balaban J connectivity index is 2.12. The van der Waals surface area contributed by atoms with Crippen LogP contribution in [0.3, 0.4) is 0 Å². The molecule has 0 amide bonds. The molecule has 0 aliphatic carbocycles. The van der Waals surface area contributed by atoms with E-state index in [1.54, 1.807) is 0 Å². The van der Waals surface area contributed by atoms with Crippen molar-refractivity contribution >= 4 is 9.39 Å². The first-order valence-corrected chi connectivity index (χ1v) is 2.98. The molecule has 1 aliphatic heterocycles. The molecule has 0 spiro atoms. The summed E-state index contributed by atoms with van der Waals surface area (Å²) in [5.41, 5.74) is 0. The molecule has 0 N–H and O–H groups in total. The lowest BCUT2D eigenvalue weighted by Gasteiger charge is -2.20. The van der Waals surface area contributed by atoms with Crippen molar-refractivity contribution in [2.24, 2.45) is 0 Å². The third-order valence-electron chi connectivity index (χ3n) is 1.05. The lowest BCUT2D eigenvalue weighted by molar-refractivity contribution is 0.0769. The minimum atomic E-state index is 0.892. The van der Waals surface area contributed by atoms with Crippen LogP contribution in [0.1, 0.15) is 0 Å². The van der Waals surface area contributed by atoms with Crippen molar-refractivity contribution in [1.82, 2.24) is 4.67 Å². The van der Waals surface area contributed by atoms with Crippen LogP contribution in [-0.2, 0) is 4.74 Å². The van der Waals surface area contributed by atoms with Crippen molar-refractivity contribution in [2.75, 3.05) is 26.3 Å². The van der Waals surface area contributed by atoms with Gasteiger partial charge in [0.05, 0.1) is 13.2 Å². The Bertz CT molecular complexity index is 53.7. The van der Waals surface area contributed by atoms with E-state index in [-0.39, 0.29) is 0 Å². The zero-order valence-corrected chi connectivity index (χ0v) is 5.42. The van der Waals surface area contributed by atoms with Gasteiger partial charge in [0.15, 0.2) is 0 Å². The highest BCUT2D eigenvalue weighted by molar-refractivity contribution is 7.13. The van der Waals surface area contributed by atoms with Gasteiger partial charge < -0.3 is 4.74 Å². The molecule has 1 heterocycles. The molecular formula is C4H10NOP. The molecule has 1 atom stereocenters. The van der Waals surface area contributed by atoms with Gasteiger partial charge in [-0.2, -0.15) is 0 Å². The maximum Gasteiger partial charge on any atom is 0.0597 e. The first kappa shape index (κ1) is 5.49. The molecule has 1 aliphatic rings. The number of morpholine rings is 1. The van der Waals surface area contributed by atoms with E-state index in [2.05, 4.69) is 14.1 Å². The Hall–Kier alpha value is 0.350. The van der Waals surface area contributed by atoms with Crippen LogP contribution in [0.4, 0.5) is 0 Å². The number of rotatable bonds is 0. The van der Waals surface area contributed by atoms with Gasteiger partial charge in [-0.15, -0.1) is 0 Å². The standard InChI is InChI=1S/C4H10NOP/c7-5-1-3-6-4-2-5/h1-4,7H2. The van der Waals surface area contributed by atoms with Gasteiger partial charge in [0.1, 0.15) is 0 Å². The lowest BCUT2D eigenvalue weighted by Crippen LogP contribution is -2.28. The van der Waals surface area contributed by atoms with Crippen molar-refractivity contribution in [1.29, 1.82) is 0 Å². The predicted octanol–water partition coefficient (Wildman–Crippen LogP) is 0.109. The van der Waals surface area contributed by atoms with Crippen LogP contribution in [0.5, 0.6) is 0 Å². The van der Waals surface area contributed by atoms with E-state index in [9.17, 15) is 0 Å². The Morgan fingerprint density at radius 1 is 1.29 bits per heavy atom. The summed E-state index contributed by atoms with van der Waals surface area (Å²) in [6, 6.07) is 0. The molecule has 42 valence electrons. The molecule has 1 fully saturated rings. The quantitative estimate of drug-likeness (QED) is 0.419. The summed E-state index contributed by atoms with van der Waals surface area (Å²) < 4.78 is 7.27. The zero-order valence-electron chi connectivity index (χ0n) is 4.26. The van der Waals surface area contributed by atoms with Crippen molar-refractivity contribution in [3.8, 4) is 0 Å². The van der Waals surface area contributed by atoms with Gasteiger partial charge in [-0.05, 0) is 0 Å². The molecular weight excluding hydrogens is 109 g/mol. The van der Waals surface area contributed by atoms with E-state index < -0.39 is 0 Å². The van der Waals surface area contributed by atoms with E-state index in [0.717, 1.165) is 26.3 Å². The van der Waals surface area contributed by atoms with E-state index in [4.69, 9.17) is 4.74 Å². The molecule has 1 unspecified atom stereocenters. The average Bonchev–Trinajstić information content (AvgIpc) is 1.69. The highest BCUT2D eigenvalue weighted by atomic mass is 31.0. The topological polar surface area (TPSA) is 12.5 Å². The van der Waals surface area contributed by atoms with Gasteiger partial charge in [0, 0.05) is 13.1 Å². The number of nitrogens with zero attached hydrogens (tertiary/aromatic N) is 1. The van der Waals surface area contributed by atoms with Crippen molar-refractivity contribution in [2.45, 2.75) is 0 Å². The van der Waals surface area contributed by atoms with E-state index in [1.807, 2.05) is 0 Å². The summed E-state index contributed by atoms with van der Waals surface area (Å²) >= 11 is 0. The Morgan fingerprint density at radius 3 is 2.14 bits per heavy atom. The molecule has 0 aromatic rings. The van der Waals surface area contributed by atoms with Gasteiger partial charge in [0.2, 0.25) is 0 Å². The van der Waals surface area contributed by atoms with Crippen molar-refractivity contribution in [3.05, 3.63) is 0 Å². The molecule has 1 rings (SSSR count). The monoisotopic (exact) mass is 119 g/mol. The third kappa shape index (κ3) is 1.72. The molecule has 7 heavy (non-hydrogen) atoms. The van der Waals surface area contributed by atoms with Crippen LogP contribution in [-0.4, -0.2) is 31.0 Å². The van der Waals surface area contributed by atoms with Gasteiger partial charge in [0.25, 0.3) is 0 Å². The fourth-order valence-electron chi connectivity index (χ4n) is 0.577. The fraction of sp³-hybridized carbons (Fsp3) is 1.00. The van der Waals surface area contributed by atoms with Crippen LogP contribution in [0.15, 0.2) is 0 Å². The summed E-state index contributed by atoms with van der Waals surface area (Å²) in [5.74, 6) is 0. The van der Waals surface area contributed by atoms with E-state index in [1.165, 1.54) is 0 Å². The zero-order chi connectivity index (χ0) is 5.11. The summed E-state index contributed by atoms with van der Waals surface area (Å²) in [4.78, 5) is 0. The third-order valence-corrected chi connectivity index (χ3v) is 1.56. The fourth-order valence-corrected chi connectivity index (χ4v) is 0.788. The van der Waals surface area contributed by atoms with Gasteiger partial charge >= 0.3 is 0 Å². The van der Waals surface area contributed by atoms with E-state index in [0.29, 0.717) is 0 Å². The molecule has 1 saturated heterocycles. The second-order valence-electron chi connectivity index (χ2n) is 1.65. The van der Waals surface area contributed by atoms with Crippen LogP contribution >= 0.6 is 9.39 Å². The Kier molecular flexibility index (Phi) is 2.04. The minimum absolute atomic E-state index is 0.892. The van der Waals surface area contributed by atoms with Gasteiger partial charge in [-0.1, -0.05) is 9.39 Å². The summed E-state index contributed by atoms with van der Waals surface area (Å²) in [5, 5.41) is 0. The predicted molar refractivity (Wildman–Crippen MR) is 32.1 cm³/mol. The van der Waals surface area contributed by atoms with Crippen LogP contribution < -0.4 is 0 Å². The molecule has 0 saturated carbocycles. The Morgan fingerprint density at radius 2 is 1.86 bits per heavy atom. The first-order valence-electron chi connectivity index (χ1n) is 2.47. The average molecular weight is 119 g/mol. The molecule has 0 radical (unpaired) electrons. The van der Waals surface area contributed by atoms with Crippen LogP contribution in [0.25, 0.3) is 0 Å². The normalized spacial score (nSPS) is 25.3. The SMILES string of the molecule is PN1CCOCC1. The largest absolute Gasteiger partial charge is 0.379 e. The maximum absolute atomic E-state index is 5.08. The van der Waals surface area contributed by atoms with Crippen molar-refractivity contribution < 1.29 is 4.74 Å². The van der Waals surface area contributed by atoms with Crippen LogP contribution in [0, 0.1) is 0 Å². The summed E-state index contributed by atoms with van der Waals surface area (Å²) in [6.07, 6.45) is 0. The smallest absolute Gasteiger partial charge is 0.0597 e. The second kappa shape index (κ2) is 2.61. The minimum Gasteiger partial charge on any atom is -0.379 e. The highest BCUT2D eigenvalue weighted by Crippen LogP contribution is 2.00. The molecule has 0 bridgehead atoms. The summed E-state index contributed by atoms with van der Waals surface area (Å²) in [6.45, 7) is 3.91. The summed E-state index contributed by atoms with van der Waals surface area (Å²) in [7, 11) is 2.66. The van der Waals surface area contributed by atoms with Crippen molar-refractivity contribution in [3.63, 3.8) is 0 Å². The van der Waals surface area contributed by atoms with Gasteiger partial charge in [-0.25, -0.2) is 0 Å². The molecule has 3 heteroatoms. The number of ether oxygens (including phenoxy) is 1. The number of hydrogen-bond acceptors (Lipinski definition) is 2. The first-order chi connectivity index (χ1) is 3.39. The molecule has 0 aromatic heterocycles. The van der Waals surface area contributed by atoms with Gasteiger partial charge in [-0.3, -0.25) is 4.67 Å². The Labute approximate surface area is 46.1 Å². The van der Waals surface area contributed by atoms with E-state index >= 15 is 0 Å².